The fraction of sp³-hybridized carbons (Fsp3) is 0.235. The molecular formula is C17H17BrN2O2S. The van der Waals surface area contributed by atoms with Gasteiger partial charge in [-0.3, -0.25) is 0 Å². The van der Waals surface area contributed by atoms with Crippen molar-refractivity contribution in [2.45, 2.75) is 24.3 Å². The highest BCUT2D eigenvalue weighted by Crippen LogP contribution is 2.49. The summed E-state index contributed by atoms with van der Waals surface area (Å²) in [5.41, 5.74) is 7.63. The van der Waals surface area contributed by atoms with Crippen LogP contribution >= 0.6 is 28.7 Å². The number of aliphatic imine (C=N–C) groups is 1. The number of hydrogen-bond acceptors (Lipinski definition) is 5. The van der Waals surface area contributed by atoms with Gasteiger partial charge in [-0.2, -0.15) is 0 Å². The molecule has 4 nitrogen and oxygen atoms in total. The fourth-order valence-electron chi connectivity index (χ4n) is 3.09. The SMILES string of the molecule is Br.Cc1cccc(Oc2ccc3c(c2)CC2SC(N)=NC32O)c1. The van der Waals surface area contributed by atoms with Crippen LogP contribution in [-0.2, 0) is 12.1 Å². The minimum Gasteiger partial charge on any atom is -0.457 e. The molecule has 1 aliphatic heterocycles. The quantitative estimate of drug-likeness (QED) is 0.820. The number of aliphatic hydroxyl groups is 1. The van der Waals surface area contributed by atoms with Crippen LogP contribution in [0.15, 0.2) is 47.5 Å². The molecule has 6 heteroatoms. The Bertz CT molecular complexity index is 796. The molecule has 4 rings (SSSR count). The van der Waals surface area contributed by atoms with Crippen molar-refractivity contribution in [1.29, 1.82) is 0 Å². The second-order valence-electron chi connectivity index (χ2n) is 5.72. The summed E-state index contributed by atoms with van der Waals surface area (Å²) in [7, 11) is 0. The molecule has 0 amide bonds. The van der Waals surface area contributed by atoms with E-state index in [1.165, 1.54) is 11.8 Å². The first-order chi connectivity index (χ1) is 10.5. The monoisotopic (exact) mass is 392 g/mol. The number of benzene rings is 2. The Morgan fingerprint density at radius 2 is 2.04 bits per heavy atom. The lowest BCUT2D eigenvalue weighted by atomic mass is 10.1. The third-order valence-corrected chi connectivity index (χ3v) is 5.21. The number of ether oxygens (including phenoxy) is 1. The molecular weight excluding hydrogens is 376 g/mol. The van der Waals surface area contributed by atoms with E-state index in [2.05, 4.69) is 4.99 Å². The van der Waals surface area contributed by atoms with Gasteiger partial charge in [0.25, 0.3) is 0 Å². The number of amidine groups is 1. The molecule has 0 spiro atoms. The zero-order valence-electron chi connectivity index (χ0n) is 12.5. The molecule has 3 N–H and O–H groups in total. The van der Waals surface area contributed by atoms with Gasteiger partial charge in [-0.1, -0.05) is 30.0 Å². The van der Waals surface area contributed by atoms with E-state index in [0.29, 0.717) is 5.17 Å². The average Bonchev–Trinajstić information content (AvgIpc) is 2.87. The maximum absolute atomic E-state index is 10.7. The zero-order chi connectivity index (χ0) is 15.3. The van der Waals surface area contributed by atoms with Crippen LogP contribution in [0.3, 0.4) is 0 Å². The summed E-state index contributed by atoms with van der Waals surface area (Å²) < 4.78 is 5.91. The lowest BCUT2D eigenvalue weighted by Gasteiger charge is -2.19. The summed E-state index contributed by atoms with van der Waals surface area (Å²) in [6.45, 7) is 2.03. The normalized spacial score (nSPS) is 24.4. The first kappa shape index (κ1) is 16.4. The Hall–Kier alpha value is -1.50. The maximum Gasteiger partial charge on any atom is 0.198 e. The number of halogens is 1. The summed E-state index contributed by atoms with van der Waals surface area (Å²) >= 11 is 1.44. The van der Waals surface area contributed by atoms with Crippen LogP contribution in [0.1, 0.15) is 16.7 Å². The summed E-state index contributed by atoms with van der Waals surface area (Å²) in [5, 5.41) is 11.2. The number of nitrogens with two attached hydrogens (primary N) is 1. The van der Waals surface area contributed by atoms with Crippen LogP contribution < -0.4 is 10.5 Å². The maximum atomic E-state index is 10.7. The van der Waals surface area contributed by atoms with E-state index < -0.39 is 5.72 Å². The lowest BCUT2D eigenvalue weighted by molar-refractivity contribution is 0.0579. The van der Waals surface area contributed by atoms with E-state index in [-0.39, 0.29) is 22.2 Å². The fourth-order valence-corrected chi connectivity index (χ4v) is 4.18. The van der Waals surface area contributed by atoms with E-state index in [9.17, 15) is 5.11 Å². The van der Waals surface area contributed by atoms with E-state index in [0.717, 1.165) is 34.6 Å². The molecule has 0 aromatic heterocycles. The molecule has 2 aromatic rings. The number of nitrogens with zero attached hydrogens (tertiary/aromatic N) is 1. The first-order valence-electron chi connectivity index (χ1n) is 7.17. The molecule has 0 bridgehead atoms. The number of thioether (sulfide) groups is 1. The number of hydrogen-bond donors (Lipinski definition) is 2. The van der Waals surface area contributed by atoms with E-state index in [1.807, 2.05) is 49.4 Å². The highest BCUT2D eigenvalue weighted by Gasteiger charge is 2.50. The molecule has 0 saturated carbocycles. The van der Waals surface area contributed by atoms with Crippen molar-refractivity contribution in [2.24, 2.45) is 10.7 Å². The number of fused-ring (bicyclic) bond motifs is 3. The van der Waals surface area contributed by atoms with E-state index in [1.54, 1.807) is 0 Å². The molecule has 120 valence electrons. The summed E-state index contributed by atoms with van der Waals surface area (Å²) in [6, 6.07) is 13.7. The topological polar surface area (TPSA) is 67.8 Å². The highest BCUT2D eigenvalue weighted by atomic mass is 79.9. The molecule has 0 fully saturated rings. The van der Waals surface area contributed by atoms with Crippen LogP contribution in [0.25, 0.3) is 0 Å². The molecule has 0 saturated heterocycles. The second kappa shape index (κ2) is 5.85. The molecule has 23 heavy (non-hydrogen) atoms. The van der Waals surface area contributed by atoms with Crippen molar-refractivity contribution in [2.75, 3.05) is 0 Å². The summed E-state index contributed by atoms with van der Waals surface area (Å²) in [6.07, 6.45) is 0.742. The van der Waals surface area contributed by atoms with Crippen LogP contribution in [-0.4, -0.2) is 15.5 Å². The van der Waals surface area contributed by atoms with E-state index in [4.69, 9.17) is 10.5 Å². The van der Waals surface area contributed by atoms with E-state index >= 15 is 0 Å². The molecule has 2 unspecified atom stereocenters. The zero-order valence-corrected chi connectivity index (χ0v) is 15.1. The van der Waals surface area contributed by atoms with Crippen LogP contribution in [0.5, 0.6) is 11.5 Å². The third-order valence-electron chi connectivity index (χ3n) is 4.10. The van der Waals surface area contributed by atoms with Gasteiger partial charge in [-0.05, 0) is 48.7 Å². The number of rotatable bonds is 2. The molecule has 1 aliphatic carbocycles. The molecule has 2 aromatic carbocycles. The standard InChI is InChI=1S/C17H16N2O2S.BrH/c1-10-3-2-4-12(7-10)21-13-5-6-14-11(8-13)9-15-17(14,20)19-16(18)22-15;/h2-8,15,20H,9H2,1H3,(H2,18,19);1H. The van der Waals surface area contributed by atoms with Crippen molar-refractivity contribution < 1.29 is 9.84 Å². The minimum absolute atomic E-state index is 0. The van der Waals surface area contributed by atoms with Crippen LogP contribution in [0, 0.1) is 6.92 Å². The predicted octanol–water partition coefficient (Wildman–Crippen LogP) is 3.50. The smallest absolute Gasteiger partial charge is 0.198 e. The van der Waals surface area contributed by atoms with Gasteiger partial charge in [-0.15, -0.1) is 17.0 Å². The molecule has 1 heterocycles. The van der Waals surface area contributed by atoms with Crippen molar-refractivity contribution in [1.82, 2.24) is 0 Å². The Labute approximate surface area is 149 Å². The average molecular weight is 393 g/mol. The Morgan fingerprint density at radius 3 is 2.83 bits per heavy atom. The van der Waals surface area contributed by atoms with Crippen molar-refractivity contribution in [3.63, 3.8) is 0 Å². The van der Waals surface area contributed by atoms with Gasteiger partial charge in [0.15, 0.2) is 10.9 Å². The molecule has 2 aliphatic rings. The van der Waals surface area contributed by atoms with Crippen molar-refractivity contribution in [3.8, 4) is 11.5 Å². The minimum atomic E-state index is -1.17. The van der Waals surface area contributed by atoms with Gasteiger partial charge in [0, 0.05) is 5.56 Å². The van der Waals surface area contributed by atoms with Gasteiger partial charge in [0.05, 0.1) is 5.25 Å². The van der Waals surface area contributed by atoms with Crippen LogP contribution in [0.2, 0.25) is 0 Å². The Morgan fingerprint density at radius 1 is 1.26 bits per heavy atom. The van der Waals surface area contributed by atoms with Gasteiger partial charge < -0.3 is 15.6 Å². The Kier molecular flexibility index (Phi) is 4.16. The summed E-state index contributed by atoms with van der Waals surface area (Å²) in [5.74, 6) is 1.59. The Balaban J connectivity index is 0.00000156. The summed E-state index contributed by atoms with van der Waals surface area (Å²) in [4.78, 5) is 4.22. The predicted molar refractivity (Wildman–Crippen MR) is 98.6 cm³/mol. The second-order valence-corrected chi connectivity index (χ2v) is 6.95. The van der Waals surface area contributed by atoms with Gasteiger partial charge in [-0.25, -0.2) is 4.99 Å². The number of aryl methyl sites for hydroxylation is 1. The molecule has 2 atom stereocenters. The van der Waals surface area contributed by atoms with Crippen LogP contribution in [0.4, 0.5) is 0 Å². The van der Waals surface area contributed by atoms with Crippen molar-refractivity contribution >= 4 is 33.9 Å². The van der Waals surface area contributed by atoms with Gasteiger partial charge >= 0.3 is 0 Å². The van der Waals surface area contributed by atoms with Gasteiger partial charge in [0.2, 0.25) is 0 Å². The lowest BCUT2D eigenvalue weighted by Crippen LogP contribution is -2.27. The first-order valence-corrected chi connectivity index (χ1v) is 8.05. The van der Waals surface area contributed by atoms with Gasteiger partial charge in [0.1, 0.15) is 11.5 Å². The highest BCUT2D eigenvalue weighted by molar-refractivity contribution is 8.93. The molecule has 0 radical (unpaired) electrons. The third kappa shape index (κ3) is 2.75. The largest absolute Gasteiger partial charge is 0.457 e. The van der Waals surface area contributed by atoms with Crippen molar-refractivity contribution in [3.05, 3.63) is 59.2 Å².